The minimum atomic E-state index is -4.47. The molecule has 204 valence electrons. The number of methoxy groups -OCH3 is 1. The predicted octanol–water partition coefficient (Wildman–Crippen LogP) is 4.63. The van der Waals surface area contributed by atoms with Gasteiger partial charge < -0.3 is 10.1 Å². The molecule has 2 aromatic carbocycles. The molecule has 0 saturated carbocycles. The van der Waals surface area contributed by atoms with Crippen molar-refractivity contribution in [3.63, 3.8) is 0 Å². The van der Waals surface area contributed by atoms with E-state index in [2.05, 4.69) is 11.9 Å². The number of nitrogens with one attached hydrogen (secondary N) is 1. The van der Waals surface area contributed by atoms with Crippen LogP contribution in [0.25, 0.3) is 5.69 Å². The number of halogens is 1. The quantitative estimate of drug-likeness (QED) is 0.325. The Balaban J connectivity index is 2.02. The molecule has 0 bridgehead atoms. The molecule has 39 heavy (non-hydrogen) atoms. The van der Waals surface area contributed by atoms with E-state index in [0.717, 1.165) is 11.4 Å². The minimum absolute atomic E-state index is 0.153. The van der Waals surface area contributed by atoms with Crippen LogP contribution in [0.1, 0.15) is 18.5 Å². The summed E-state index contributed by atoms with van der Waals surface area (Å²) < 4.78 is 33.9. The second kappa shape index (κ2) is 13.4. The fraction of sp³-hybridized carbons (Fsp3) is 0.148. The highest BCUT2D eigenvalue weighted by Crippen LogP contribution is 2.36. The molecule has 0 aliphatic carbocycles. The third kappa shape index (κ3) is 7.48. The molecule has 9 nitrogen and oxygen atoms in total. The number of ether oxygens (including phenoxy) is 1. The van der Waals surface area contributed by atoms with Crippen LogP contribution in [0.4, 0.5) is 5.69 Å². The van der Waals surface area contributed by atoms with Crippen LogP contribution in [0.2, 0.25) is 0 Å². The van der Waals surface area contributed by atoms with E-state index in [1.54, 1.807) is 79.9 Å². The van der Waals surface area contributed by atoms with E-state index in [-0.39, 0.29) is 14.2 Å². The van der Waals surface area contributed by atoms with Crippen LogP contribution >= 0.6 is 23.4 Å². The van der Waals surface area contributed by atoms with Crippen LogP contribution in [-0.2, 0) is 24.3 Å². The van der Waals surface area contributed by atoms with E-state index in [4.69, 9.17) is 16.3 Å². The van der Waals surface area contributed by atoms with Crippen molar-refractivity contribution < 1.29 is 22.7 Å². The summed E-state index contributed by atoms with van der Waals surface area (Å²) in [7, 11) is -3.35. The van der Waals surface area contributed by atoms with Gasteiger partial charge in [0.1, 0.15) is 16.8 Å². The van der Waals surface area contributed by atoms with E-state index in [9.17, 15) is 22.8 Å². The third-order valence-corrected chi connectivity index (χ3v) is 8.96. The smallest absolute Gasteiger partial charge is 0.321 e. The zero-order chi connectivity index (χ0) is 28.6. The summed E-state index contributed by atoms with van der Waals surface area (Å²) in [6.07, 6.45) is 3.11. The molecule has 3 rings (SSSR count). The zero-order valence-corrected chi connectivity index (χ0v) is 23.5. The molecule has 3 aromatic rings. The first-order chi connectivity index (χ1) is 18.6. The Hall–Kier alpha value is -3.64. The van der Waals surface area contributed by atoms with Crippen molar-refractivity contribution in [3.05, 3.63) is 116 Å². The average molecular weight is 588 g/mol. The van der Waals surface area contributed by atoms with E-state index in [1.165, 1.54) is 16.7 Å². The van der Waals surface area contributed by atoms with Gasteiger partial charge in [-0.2, -0.15) is 4.31 Å². The van der Waals surface area contributed by atoms with Crippen molar-refractivity contribution in [1.29, 1.82) is 0 Å². The van der Waals surface area contributed by atoms with Gasteiger partial charge in [-0.25, -0.2) is 8.42 Å². The Morgan fingerprint density at radius 1 is 1.10 bits per heavy atom. The number of benzene rings is 2. The molecule has 1 unspecified atom stereocenters. The van der Waals surface area contributed by atoms with Crippen molar-refractivity contribution in [1.82, 2.24) is 8.87 Å². The maximum atomic E-state index is 13.7. The summed E-state index contributed by atoms with van der Waals surface area (Å²) in [5.74, 6) is -1.60. The van der Waals surface area contributed by atoms with Crippen LogP contribution in [-0.4, -0.2) is 42.8 Å². The average Bonchev–Trinajstić information content (AvgIpc) is 2.93. The van der Waals surface area contributed by atoms with Crippen LogP contribution < -0.4 is 10.9 Å². The summed E-state index contributed by atoms with van der Waals surface area (Å²) >= 11 is 6.71. The lowest BCUT2D eigenvalue weighted by molar-refractivity contribution is -0.141. The molecule has 12 heteroatoms. The number of hydrogen-bond acceptors (Lipinski definition) is 7. The summed E-state index contributed by atoms with van der Waals surface area (Å²) in [5.41, 5.74) is 1.000. The summed E-state index contributed by atoms with van der Waals surface area (Å²) in [4.78, 5) is 38.1. The molecule has 0 aliphatic rings. The molecule has 1 N–H and O–H groups in total. The van der Waals surface area contributed by atoms with E-state index in [0.29, 0.717) is 28.7 Å². The number of hydrogen-bond donors (Lipinski definition) is 1. The highest BCUT2D eigenvalue weighted by atomic mass is 35.5. The standard InChI is InChI=1S/C27H26ClN3O6S2/c1-4-23(28)38-19(2)39(35,36)31(18-25(33)37-3)26(20-10-6-5-7-11-20)27(34)29-21-13-15-22(16-14-21)30-17-9-8-12-24(30)32/h4-17,26H,2,18H2,1,3H3,(H,29,34)/b23-4-. The lowest BCUT2D eigenvalue weighted by atomic mass is 10.1. The molecule has 1 atom stereocenters. The van der Waals surface area contributed by atoms with Crippen molar-refractivity contribution in [2.45, 2.75) is 13.0 Å². The van der Waals surface area contributed by atoms with Gasteiger partial charge in [0.2, 0.25) is 15.9 Å². The highest BCUT2D eigenvalue weighted by Gasteiger charge is 2.39. The lowest BCUT2D eigenvalue weighted by Crippen LogP contribution is -2.44. The number of thioether (sulfide) groups is 1. The van der Waals surface area contributed by atoms with Gasteiger partial charge in [-0.05, 0) is 42.8 Å². The number of pyridine rings is 1. The molecule has 1 aromatic heterocycles. The Kier molecular flexibility index (Phi) is 10.3. The molecule has 0 saturated heterocycles. The van der Waals surface area contributed by atoms with Gasteiger partial charge in [0, 0.05) is 23.6 Å². The van der Waals surface area contributed by atoms with Crippen LogP contribution in [0.15, 0.2) is 105 Å². The molecule has 0 radical (unpaired) electrons. The zero-order valence-electron chi connectivity index (χ0n) is 21.1. The number of anilines is 1. The Morgan fingerprint density at radius 2 is 1.74 bits per heavy atom. The fourth-order valence-corrected chi connectivity index (χ4v) is 6.26. The first-order valence-corrected chi connectivity index (χ1v) is 14.1. The number of rotatable bonds is 11. The molecule has 1 heterocycles. The van der Waals surface area contributed by atoms with Gasteiger partial charge >= 0.3 is 5.97 Å². The molecule has 0 fully saturated rings. The minimum Gasteiger partial charge on any atom is -0.468 e. The van der Waals surface area contributed by atoms with E-state index >= 15 is 0 Å². The molecular weight excluding hydrogens is 562 g/mol. The normalized spacial score (nSPS) is 12.6. The summed E-state index contributed by atoms with van der Waals surface area (Å²) in [6, 6.07) is 17.9. The van der Waals surface area contributed by atoms with Gasteiger partial charge in [0.25, 0.3) is 5.56 Å². The third-order valence-electron chi connectivity index (χ3n) is 5.43. The van der Waals surface area contributed by atoms with Gasteiger partial charge in [-0.1, -0.05) is 72.4 Å². The number of sulfonamides is 1. The Bertz CT molecular complexity index is 1540. The van der Waals surface area contributed by atoms with Gasteiger partial charge in [0.05, 0.1) is 11.5 Å². The molecule has 0 aliphatic heterocycles. The number of carbonyl (C=O) groups is 2. The monoisotopic (exact) mass is 587 g/mol. The largest absolute Gasteiger partial charge is 0.468 e. The van der Waals surface area contributed by atoms with Gasteiger partial charge in [-0.15, -0.1) is 0 Å². The molecule has 1 amide bonds. The van der Waals surface area contributed by atoms with Crippen molar-refractivity contribution in [2.75, 3.05) is 19.0 Å². The van der Waals surface area contributed by atoms with Gasteiger partial charge in [0.15, 0.2) is 0 Å². The maximum absolute atomic E-state index is 13.7. The SMILES string of the molecule is C=C(S/C(Cl)=C\C)S(=O)(=O)N(CC(=O)OC)C(C(=O)Nc1ccc(-n2ccccc2=O)cc1)c1ccccc1. The molecular formula is C27H26ClN3O6S2. The van der Waals surface area contributed by atoms with Crippen LogP contribution in [0, 0.1) is 0 Å². The highest BCUT2D eigenvalue weighted by molar-refractivity contribution is 8.20. The Labute approximate surface area is 235 Å². The predicted molar refractivity (Wildman–Crippen MR) is 154 cm³/mol. The fourth-order valence-electron chi connectivity index (χ4n) is 3.50. The summed E-state index contributed by atoms with van der Waals surface area (Å²) in [5, 5.41) is 2.71. The maximum Gasteiger partial charge on any atom is 0.321 e. The number of nitrogens with zero attached hydrogens (tertiary/aromatic N) is 2. The van der Waals surface area contributed by atoms with Crippen molar-refractivity contribution in [3.8, 4) is 5.69 Å². The molecule has 0 spiro atoms. The van der Waals surface area contributed by atoms with E-state index < -0.39 is 34.5 Å². The van der Waals surface area contributed by atoms with E-state index in [1.807, 2.05) is 0 Å². The van der Waals surface area contributed by atoms with Crippen molar-refractivity contribution in [2.24, 2.45) is 0 Å². The second-order valence-electron chi connectivity index (χ2n) is 7.95. The van der Waals surface area contributed by atoms with Crippen molar-refractivity contribution >= 4 is 50.9 Å². The van der Waals surface area contributed by atoms with Gasteiger partial charge in [-0.3, -0.25) is 19.0 Å². The first kappa shape index (κ1) is 29.9. The Morgan fingerprint density at radius 3 is 2.33 bits per heavy atom. The summed E-state index contributed by atoms with van der Waals surface area (Å²) in [6.45, 7) is 4.50. The lowest BCUT2D eigenvalue weighted by Gasteiger charge is -2.30. The number of aromatic nitrogens is 1. The first-order valence-electron chi connectivity index (χ1n) is 11.5. The second-order valence-corrected chi connectivity index (χ2v) is 11.9. The number of esters is 1. The van der Waals surface area contributed by atoms with Crippen LogP contribution in [0.3, 0.4) is 0 Å². The number of carbonyl (C=O) groups excluding carboxylic acids is 2. The number of amides is 1. The number of allylic oxidation sites excluding steroid dienone is 1. The van der Waals surface area contributed by atoms with Crippen LogP contribution in [0.5, 0.6) is 0 Å². The topological polar surface area (TPSA) is 115 Å².